The molecule has 60 valence electrons. The smallest absolute Gasteiger partial charge is 0.179 e. The molecule has 1 aromatic rings. The van der Waals surface area contributed by atoms with Gasteiger partial charge in [0.15, 0.2) is 5.82 Å². The van der Waals surface area contributed by atoms with Gasteiger partial charge in [0.1, 0.15) is 0 Å². The Kier molecular flexibility index (Phi) is 1.09. The van der Waals surface area contributed by atoms with Gasteiger partial charge in [0.25, 0.3) is 0 Å². The van der Waals surface area contributed by atoms with Crippen molar-refractivity contribution < 1.29 is 0 Å². The van der Waals surface area contributed by atoms with E-state index in [9.17, 15) is 0 Å². The fourth-order valence-electron chi connectivity index (χ4n) is 1.47. The number of hydrogen-bond donors (Lipinski definition) is 2. The van der Waals surface area contributed by atoms with Crippen LogP contribution in [0.4, 0.5) is 0 Å². The molecule has 1 aliphatic carbocycles. The predicted molar refractivity (Wildman–Crippen MR) is 38.7 cm³/mol. The molecular formula is C6H11N5. The van der Waals surface area contributed by atoms with Crippen LogP contribution in [-0.2, 0) is 0 Å². The van der Waals surface area contributed by atoms with Crippen molar-refractivity contribution in [3.8, 4) is 0 Å². The van der Waals surface area contributed by atoms with Crippen LogP contribution in [0.2, 0.25) is 0 Å². The van der Waals surface area contributed by atoms with E-state index in [0.717, 1.165) is 5.82 Å². The Morgan fingerprint density at radius 2 is 2.18 bits per heavy atom. The van der Waals surface area contributed by atoms with Crippen molar-refractivity contribution in [2.45, 2.75) is 25.8 Å². The number of rotatable bonds is 1. The Bertz CT molecular complexity index is 252. The zero-order chi connectivity index (χ0) is 8.06. The molecule has 3 N–H and O–H groups in total. The average Bonchev–Trinajstić information content (AvgIpc) is 2.40. The van der Waals surface area contributed by atoms with Crippen LogP contribution in [0.1, 0.15) is 25.6 Å². The largest absolute Gasteiger partial charge is 0.327 e. The second-order valence-corrected chi connectivity index (χ2v) is 3.59. The first kappa shape index (κ1) is 6.72. The number of aromatic amines is 1. The van der Waals surface area contributed by atoms with Gasteiger partial charge in [-0.15, -0.1) is 10.2 Å². The molecule has 1 aromatic heterocycles. The summed E-state index contributed by atoms with van der Waals surface area (Å²) in [5.74, 6) is 1.02. The average molecular weight is 153 g/mol. The zero-order valence-corrected chi connectivity index (χ0v) is 6.57. The highest BCUT2D eigenvalue weighted by Gasteiger charge is 2.58. The lowest BCUT2D eigenvalue weighted by atomic mass is 10.1. The van der Waals surface area contributed by atoms with Gasteiger partial charge in [-0.2, -0.15) is 5.21 Å². The summed E-state index contributed by atoms with van der Waals surface area (Å²) in [5.41, 5.74) is 5.96. The predicted octanol–water partition coefficient (Wildman–Crippen LogP) is -0.350. The molecule has 0 saturated heterocycles. The molecule has 0 aromatic carbocycles. The Morgan fingerprint density at radius 1 is 1.55 bits per heavy atom. The molecule has 1 fully saturated rings. The summed E-state index contributed by atoms with van der Waals surface area (Å²) < 4.78 is 0. The molecule has 0 spiro atoms. The maximum atomic E-state index is 5.81. The van der Waals surface area contributed by atoms with Crippen LogP contribution < -0.4 is 5.73 Å². The van der Waals surface area contributed by atoms with Crippen molar-refractivity contribution in [2.75, 3.05) is 0 Å². The highest BCUT2D eigenvalue weighted by molar-refractivity contribution is 5.22. The third kappa shape index (κ3) is 0.773. The Morgan fingerprint density at radius 3 is 2.55 bits per heavy atom. The van der Waals surface area contributed by atoms with E-state index in [4.69, 9.17) is 5.73 Å². The first-order chi connectivity index (χ1) is 5.14. The van der Waals surface area contributed by atoms with E-state index in [1.807, 2.05) is 0 Å². The second kappa shape index (κ2) is 1.79. The summed E-state index contributed by atoms with van der Waals surface area (Å²) in [6.45, 7) is 4.22. The van der Waals surface area contributed by atoms with E-state index >= 15 is 0 Å². The van der Waals surface area contributed by atoms with E-state index in [1.54, 1.807) is 0 Å². The molecule has 1 saturated carbocycles. The molecule has 1 heterocycles. The van der Waals surface area contributed by atoms with Crippen LogP contribution in [0.15, 0.2) is 0 Å². The summed E-state index contributed by atoms with van der Waals surface area (Å²) in [6, 6.07) is 0.181. The molecule has 5 heteroatoms. The van der Waals surface area contributed by atoms with Gasteiger partial charge in [-0.1, -0.05) is 19.1 Å². The number of aromatic nitrogens is 4. The maximum Gasteiger partial charge on any atom is 0.179 e. The van der Waals surface area contributed by atoms with Crippen molar-refractivity contribution in [3.05, 3.63) is 5.82 Å². The lowest BCUT2D eigenvalue weighted by molar-refractivity contribution is 0.591. The van der Waals surface area contributed by atoms with Gasteiger partial charge in [0.2, 0.25) is 0 Å². The van der Waals surface area contributed by atoms with Crippen molar-refractivity contribution in [1.82, 2.24) is 20.6 Å². The molecule has 5 nitrogen and oxygen atoms in total. The minimum Gasteiger partial charge on any atom is -0.327 e. The molecule has 2 rings (SSSR count). The van der Waals surface area contributed by atoms with Gasteiger partial charge >= 0.3 is 0 Å². The fourth-order valence-corrected chi connectivity index (χ4v) is 1.47. The second-order valence-electron chi connectivity index (χ2n) is 3.59. The highest BCUT2D eigenvalue weighted by atomic mass is 15.5. The van der Waals surface area contributed by atoms with Crippen molar-refractivity contribution in [2.24, 2.45) is 11.1 Å². The van der Waals surface area contributed by atoms with E-state index in [1.165, 1.54) is 0 Å². The minimum absolute atomic E-state index is 0.143. The van der Waals surface area contributed by atoms with Gasteiger partial charge < -0.3 is 5.73 Å². The van der Waals surface area contributed by atoms with Crippen LogP contribution in [-0.4, -0.2) is 26.7 Å². The Balaban J connectivity index is 2.23. The van der Waals surface area contributed by atoms with Crippen molar-refractivity contribution in [3.63, 3.8) is 0 Å². The lowest BCUT2D eigenvalue weighted by Gasteiger charge is -1.95. The zero-order valence-electron chi connectivity index (χ0n) is 6.57. The van der Waals surface area contributed by atoms with Crippen LogP contribution in [0.5, 0.6) is 0 Å². The lowest BCUT2D eigenvalue weighted by Crippen LogP contribution is -2.06. The Hall–Kier alpha value is -0.970. The first-order valence-electron chi connectivity index (χ1n) is 3.63. The molecule has 0 bridgehead atoms. The van der Waals surface area contributed by atoms with Gasteiger partial charge in [-0.3, -0.25) is 0 Å². The van der Waals surface area contributed by atoms with Crippen molar-refractivity contribution in [1.29, 1.82) is 0 Å². The summed E-state index contributed by atoms with van der Waals surface area (Å²) in [6.07, 6.45) is 0. The number of tetrazole rings is 1. The van der Waals surface area contributed by atoms with Gasteiger partial charge in [-0.05, 0) is 5.41 Å². The fraction of sp³-hybridized carbons (Fsp3) is 0.833. The molecule has 0 amide bonds. The van der Waals surface area contributed by atoms with E-state index < -0.39 is 0 Å². The monoisotopic (exact) mass is 153 g/mol. The number of nitrogens with zero attached hydrogens (tertiary/aromatic N) is 3. The quantitative estimate of drug-likeness (QED) is 0.578. The van der Waals surface area contributed by atoms with Gasteiger partial charge in [-0.25, -0.2) is 0 Å². The van der Waals surface area contributed by atoms with Crippen LogP contribution in [0.25, 0.3) is 0 Å². The third-order valence-corrected chi connectivity index (χ3v) is 2.55. The number of nitrogens with two attached hydrogens (primary N) is 1. The Labute approximate surface area is 64.4 Å². The van der Waals surface area contributed by atoms with Crippen LogP contribution in [0.3, 0.4) is 0 Å². The summed E-state index contributed by atoms with van der Waals surface area (Å²) >= 11 is 0. The minimum atomic E-state index is 0.143. The van der Waals surface area contributed by atoms with Crippen LogP contribution in [0, 0.1) is 5.41 Å². The van der Waals surface area contributed by atoms with Crippen LogP contribution >= 0.6 is 0 Å². The summed E-state index contributed by atoms with van der Waals surface area (Å²) in [4.78, 5) is 0. The maximum absolute atomic E-state index is 5.81. The van der Waals surface area contributed by atoms with Gasteiger partial charge in [0, 0.05) is 12.0 Å². The first-order valence-corrected chi connectivity index (χ1v) is 3.63. The van der Waals surface area contributed by atoms with Gasteiger partial charge in [0.05, 0.1) is 0 Å². The molecule has 0 aliphatic heterocycles. The number of H-pyrrole nitrogens is 1. The van der Waals surface area contributed by atoms with E-state index in [0.29, 0.717) is 0 Å². The SMILES string of the molecule is CC1(C)[C@@H](N)[C@@H]1c1nn[nH]n1. The van der Waals surface area contributed by atoms with E-state index in [2.05, 4.69) is 34.5 Å². The topological polar surface area (TPSA) is 80.5 Å². The van der Waals surface area contributed by atoms with E-state index in [-0.39, 0.29) is 17.4 Å². The molecule has 1 aliphatic rings. The molecule has 11 heavy (non-hydrogen) atoms. The van der Waals surface area contributed by atoms with Crippen molar-refractivity contribution >= 4 is 0 Å². The molecule has 0 unspecified atom stereocenters. The third-order valence-electron chi connectivity index (χ3n) is 2.55. The summed E-state index contributed by atoms with van der Waals surface area (Å²) in [7, 11) is 0. The normalized spacial score (nSPS) is 33.7. The molecule has 2 atom stereocenters. The number of nitrogens with one attached hydrogen (secondary N) is 1. The summed E-state index contributed by atoms with van der Waals surface area (Å²) in [5, 5.41) is 13.7. The number of hydrogen-bond acceptors (Lipinski definition) is 4. The molecular weight excluding hydrogens is 142 g/mol. The highest BCUT2D eigenvalue weighted by Crippen LogP contribution is 2.55. The molecule has 0 radical (unpaired) electrons. The standard InChI is InChI=1S/C6H11N5/c1-6(2)3(4(6)7)5-8-10-11-9-5/h3-4H,7H2,1-2H3,(H,8,9,10,11)/t3-,4+/m1/s1.